The summed E-state index contributed by atoms with van der Waals surface area (Å²) in [6, 6.07) is 9.52. The van der Waals surface area contributed by atoms with Gasteiger partial charge in [-0.15, -0.1) is 0 Å². The fraction of sp³-hybridized carbons (Fsp3) is 0.467. The summed E-state index contributed by atoms with van der Waals surface area (Å²) in [7, 11) is 0. The summed E-state index contributed by atoms with van der Waals surface area (Å²) in [6.07, 6.45) is 0.606. The molecule has 5 atom stereocenters. The minimum Gasteiger partial charge on any atom is -0.458 e. The lowest BCUT2D eigenvalue weighted by molar-refractivity contribution is -0.172. The Morgan fingerprint density at radius 3 is 2.51 bits per heavy atom. The highest BCUT2D eigenvalue weighted by Gasteiger charge is 2.46. The predicted octanol–water partition coefficient (Wildman–Crippen LogP) is 5.61. The van der Waals surface area contributed by atoms with Crippen LogP contribution < -0.4 is 16.6 Å². The minimum absolute atomic E-state index is 0.00341. The number of aryl methyl sites for hydroxylation is 1. The highest BCUT2D eigenvalue weighted by atomic mass is 19.1. The van der Waals surface area contributed by atoms with E-state index in [9.17, 15) is 29.1 Å². The number of esters is 1. The van der Waals surface area contributed by atoms with Crippen LogP contribution in [0.1, 0.15) is 105 Å². The summed E-state index contributed by atoms with van der Waals surface area (Å²) >= 11 is 0. The van der Waals surface area contributed by atoms with Crippen molar-refractivity contribution in [2.24, 2.45) is 17.6 Å². The van der Waals surface area contributed by atoms with Gasteiger partial charge < -0.3 is 34.9 Å². The molecule has 0 bridgehead atoms. The number of pyridine rings is 2. The van der Waals surface area contributed by atoms with Crippen molar-refractivity contribution in [3.63, 3.8) is 0 Å². The van der Waals surface area contributed by atoms with Crippen LogP contribution >= 0.6 is 0 Å². The van der Waals surface area contributed by atoms with Crippen molar-refractivity contribution in [3.8, 4) is 11.4 Å². The molecule has 0 saturated heterocycles. The van der Waals surface area contributed by atoms with E-state index < -0.39 is 41.2 Å². The summed E-state index contributed by atoms with van der Waals surface area (Å²) in [6.45, 7) is 10.4. The van der Waals surface area contributed by atoms with Crippen LogP contribution in [-0.2, 0) is 65.2 Å². The molecule has 3 aliphatic rings. The molecule has 7 rings (SSSR count). The number of nitrogens with two attached hydrogens (primary N) is 1. The van der Waals surface area contributed by atoms with Crippen molar-refractivity contribution in [2.45, 2.75) is 117 Å². The molecule has 14 heteroatoms. The molecule has 4 N–H and O–H groups in total. The van der Waals surface area contributed by atoms with E-state index in [0.717, 1.165) is 27.6 Å². The number of carbonyl (C=O) groups is 4. The highest BCUT2D eigenvalue weighted by Crippen LogP contribution is 2.47. The fourth-order valence-corrected chi connectivity index (χ4v) is 8.51. The lowest BCUT2D eigenvalue weighted by Crippen LogP contribution is -2.44. The van der Waals surface area contributed by atoms with Crippen molar-refractivity contribution >= 4 is 40.0 Å². The maximum atomic E-state index is 15.3. The Morgan fingerprint density at radius 2 is 1.81 bits per heavy atom. The van der Waals surface area contributed by atoms with Gasteiger partial charge in [0.15, 0.2) is 23.5 Å². The number of nitrogens with zero attached hydrogens (tertiary/aromatic N) is 2. The smallest absolute Gasteiger partial charge is 0.343 e. The number of anilines is 1. The quantitative estimate of drug-likeness (QED) is 0.0881. The number of hydrogen-bond acceptors (Lipinski definition) is 11. The summed E-state index contributed by atoms with van der Waals surface area (Å²) in [5, 5.41) is 15.0. The molecule has 1 amide bonds. The van der Waals surface area contributed by atoms with Gasteiger partial charge in [-0.2, -0.15) is 0 Å². The standard InChI is InChI=1S/C45H51FN4O9/c1-7-45(56)33-16-36-41-31(18-50(36)43(54)32(33)21-59-44(45)55)38-27(10-13-30-24(5)34(46)17-35(49-41)39(30)38)15-29(51)20-58-25(6)57-19-26-8-11-28(12-9-26)48-42(53)23(4)14-37(52)40(47)22(2)3/h8-9,11-12,16-17,22-23,25,27,40,56H,7,10,13-15,18-21,47H2,1-6H3,(H,48,53)/t23-,25?,27-,40+,45+/m1/s1. The molecule has 0 fully saturated rings. The molecule has 0 radical (unpaired) electrons. The van der Waals surface area contributed by atoms with Gasteiger partial charge in [0.1, 0.15) is 19.0 Å². The van der Waals surface area contributed by atoms with Crippen LogP contribution in [0, 0.1) is 24.6 Å². The number of carbonyl (C=O) groups excluding carboxylic acids is 4. The number of ketones is 2. The minimum atomic E-state index is -1.99. The Kier molecular flexibility index (Phi) is 11.7. The monoisotopic (exact) mass is 810 g/mol. The molecule has 4 aromatic rings. The van der Waals surface area contributed by atoms with Gasteiger partial charge in [0, 0.05) is 47.0 Å². The number of ether oxygens (including phenoxy) is 3. The molecule has 4 heterocycles. The third-order valence-corrected chi connectivity index (χ3v) is 12.2. The van der Waals surface area contributed by atoms with Crippen LogP contribution in [0.15, 0.2) is 41.2 Å². The first kappa shape index (κ1) is 42.0. The van der Waals surface area contributed by atoms with Crippen LogP contribution in [0.5, 0.6) is 0 Å². The first-order valence-corrected chi connectivity index (χ1v) is 20.3. The van der Waals surface area contributed by atoms with Crippen LogP contribution in [0.3, 0.4) is 0 Å². The van der Waals surface area contributed by atoms with Gasteiger partial charge in [0.25, 0.3) is 5.56 Å². The summed E-state index contributed by atoms with van der Waals surface area (Å²) in [5.74, 6) is -2.59. The lowest BCUT2D eigenvalue weighted by Gasteiger charge is -2.31. The molecule has 0 saturated carbocycles. The number of Topliss-reactive ketones (excluding diaryl/α,β-unsaturated/α-hetero) is 2. The Morgan fingerprint density at radius 1 is 1.08 bits per heavy atom. The first-order valence-electron chi connectivity index (χ1n) is 20.3. The van der Waals surface area contributed by atoms with Crippen LogP contribution in [0.2, 0.25) is 0 Å². The maximum absolute atomic E-state index is 15.3. The summed E-state index contributed by atoms with van der Waals surface area (Å²) in [5.41, 5.74) is 9.60. The van der Waals surface area contributed by atoms with Gasteiger partial charge in [-0.25, -0.2) is 14.2 Å². The Labute approximate surface area is 341 Å². The second kappa shape index (κ2) is 16.5. The number of hydrogen-bond donors (Lipinski definition) is 3. The van der Waals surface area contributed by atoms with Gasteiger partial charge in [-0.05, 0) is 85.4 Å². The molecule has 2 aromatic heterocycles. The largest absolute Gasteiger partial charge is 0.458 e. The zero-order valence-electron chi connectivity index (χ0n) is 34.3. The van der Waals surface area contributed by atoms with Crippen molar-refractivity contribution in [1.82, 2.24) is 9.55 Å². The topological polar surface area (TPSA) is 189 Å². The van der Waals surface area contributed by atoms with E-state index in [4.69, 9.17) is 24.9 Å². The zero-order valence-corrected chi connectivity index (χ0v) is 34.3. The summed E-state index contributed by atoms with van der Waals surface area (Å²) < 4.78 is 33.8. The van der Waals surface area contributed by atoms with Gasteiger partial charge in [-0.3, -0.25) is 19.2 Å². The van der Waals surface area contributed by atoms with Crippen molar-refractivity contribution < 1.29 is 42.9 Å². The molecule has 0 spiro atoms. The first-order chi connectivity index (χ1) is 28.0. The maximum Gasteiger partial charge on any atom is 0.343 e. The van der Waals surface area contributed by atoms with E-state index in [1.807, 2.05) is 13.8 Å². The average Bonchev–Trinajstić information content (AvgIpc) is 3.58. The van der Waals surface area contributed by atoms with Gasteiger partial charge in [0.05, 0.1) is 41.7 Å². The van der Waals surface area contributed by atoms with Gasteiger partial charge in [0.2, 0.25) is 5.91 Å². The van der Waals surface area contributed by atoms with Gasteiger partial charge in [-0.1, -0.05) is 39.8 Å². The molecule has 312 valence electrons. The number of rotatable bonds is 15. The van der Waals surface area contributed by atoms with Crippen molar-refractivity contribution in [3.05, 3.63) is 91.5 Å². The molecule has 59 heavy (non-hydrogen) atoms. The van der Waals surface area contributed by atoms with E-state index in [0.29, 0.717) is 41.0 Å². The van der Waals surface area contributed by atoms with E-state index in [1.54, 1.807) is 62.6 Å². The lowest BCUT2D eigenvalue weighted by atomic mass is 9.76. The van der Waals surface area contributed by atoms with Gasteiger partial charge >= 0.3 is 5.97 Å². The van der Waals surface area contributed by atoms with Crippen LogP contribution in [0.25, 0.3) is 22.3 Å². The third kappa shape index (κ3) is 7.86. The van der Waals surface area contributed by atoms with E-state index in [1.165, 1.54) is 6.07 Å². The highest BCUT2D eigenvalue weighted by molar-refractivity contribution is 5.96. The Hall–Kier alpha value is -5.15. The molecular formula is C45H51FN4O9. The van der Waals surface area contributed by atoms with Crippen molar-refractivity contribution in [2.75, 3.05) is 11.9 Å². The number of benzene rings is 2. The van der Waals surface area contributed by atoms with E-state index in [2.05, 4.69) is 5.32 Å². The number of aromatic nitrogens is 2. The Bertz CT molecular complexity index is 2430. The van der Waals surface area contributed by atoms with E-state index >= 15 is 4.39 Å². The molecule has 13 nitrogen and oxygen atoms in total. The molecular weight excluding hydrogens is 760 g/mol. The number of fused-ring (bicyclic) bond motifs is 5. The fourth-order valence-electron chi connectivity index (χ4n) is 8.51. The molecule has 2 aromatic carbocycles. The van der Waals surface area contributed by atoms with Crippen LogP contribution in [0.4, 0.5) is 10.1 Å². The normalized spacial score (nSPS) is 19.4. The molecule has 1 unspecified atom stereocenters. The molecule has 1 aliphatic carbocycles. The Balaban J connectivity index is 1.02. The van der Waals surface area contributed by atoms with E-state index in [-0.39, 0.29) is 86.1 Å². The average molecular weight is 811 g/mol. The number of cyclic esters (lactones) is 1. The molecule has 2 aliphatic heterocycles. The number of amides is 1. The summed E-state index contributed by atoms with van der Waals surface area (Å²) in [4.78, 5) is 70.1. The number of halogens is 1. The number of aliphatic hydroxyl groups is 1. The van der Waals surface area contributed by atoms with Crippen LogP contribution in [-0.4, -0.2) is 57.0 Å². The predicted molar refractivity (Wildman–Crippen MR) is 217 cm³/mol. The zero-order chi connectivity index (χ0) is 42.5. The second-order valence-electron chi connectivity index (χ2n) is 16.5. The SMILES string of the molecule is CC[C@@]1(O)C(=O)OCc2c1cc1n(c2=O)Cc2c-1nc1cc(F)c(C)c3c1c2[C@@H](CC(=O)COC(C)OCc1ccc(NC(=O)[C@H](C)CC(=O)[C@@H](N)C(C)C)cc1)CC3. The third-order valence-electron chi connectivity index (χ3n) is 12.2. The second-order valence-corrected chi connectivity index (χ2v) is 16.5. The van der Waals surface area contributed by atoms with Crippen molar-refractivity contribution in [1.29, 1.82) is 0 Å². The number of nitrogens with one attached hydrogen (secondary N) is 1.